The standard InChI is InChI=1S/C6H12NOS/c1-3-7(4-2)6(8)5-9/h3-5H2,1-2H3. The Kier molecular flexibility index (Phi) is 4.58. The zero-order valence-corrected chi connectivity index (χ0v) is 6.70. The first-order chi connectivity index (χ1) is 4.26. The van der Waals surface area contributed by atoms with Crippen molar-refractivity contribution in [3.8, 4) is 0 Å². The quantitative estimate of drug-likeness (QED) is 0.583. The monoisotopic (exact) mass is 146 g/mol. The van der Waals surface area contributed by atoms with Crippen LogP contribution in [0.5, 0.6) is 0 Å². The second kappa shape index (κ2) is 4.68. The van der Waals surface area contributed by atoms with Crippen molar-refractivity contribution in [2.45, 2.75) is 13.8 Å². The van der Waals surface area contributed by atoms with E-state index in [4.69, 9.17) is 0 Å². The molecular formula is C6H12NOS. The van der Waals surface area contributed by atoms with E-state index in [2.05, 4.69) is 12.6 Å². The highest BCUT2D eigenvalue weighted by atomic mass is 32.1. The fourth-order valence-corrected chi connectivity index (χ4v) is 0.850. The second-order valence-corrected chi connectivity index (χ2v) is 2.00. The third kappa shape index (κ3) is 2.75. The minimum absolute atomic E-state index is 0.0648. The van der Waals surface area contributed by atoms with Gasteiger partial charge in [-0.2, -0.15) is 0 Å². The minimum atomic E-state index is 0.0648. The highest BCUT2D eigenvalue weighted by Crippen LogP contribution is 1.89. The van der Waals surface area contributed by atoms with Gasteiger partial charge < -0.3 is 4.90 Å². The van der Waals surface area contributed by atoms with E-state index in [1.165, 1.54) is 0 Å². The van der Waals surface area contributed by atoms with Gasteiger partial charge in [0.05, 0.1) is 5.75 Å². The van der Waals surface area contributed by atoms with E-state index in [0.717, 1.165) is 13.1 Å². The summed E-state index contributed by atoms with van der Waals surface area (Å²) in [4.78, 5) is 12.5. The lowest BCUT2D eigenvalue weighted by Gasteiger charge is -2.16. The van der Waals surface area contributed by atoms with Crippen LogP contribution in [0.3, 0.4) is 0 Å². The Balaban J connectivity index is 3.64. The molecular weight excluding hydrogens is 134 g/mol. The van der Waals surface area contributed by atoms with Crippen LogP contribution in [0.1, 0.15) is 13.8 Å². The fourth-order valence-electron chi connectivity index (χ4n) is 0.668. The van der Waals surface area contributed by atoms with Crippen LogP contribution in [0.2, 0.25) is 0 Å². The van der Waals surface area contributed by atoms with E-state index in [1.54, 1.807) is 4.90 Å². The van der Waals surface area contributed by atoms with Crippen molar-refractivity contribution >= 4 is 18.5 Å². The first-order valence-corrected chi connectivity index (χ1v) is 3.69. The van der Waals surface area contributed by atoms with Crippen LogP contribution in [-0.4, -0.2) is 29.6 Å². The summed E-state index contributed by atoms with van der Waals surface area (Å²) in [5.41, 5.74) is 0. The van der Waals surface area contributed by atoms with Crippen molar-refractivity contribution < 1.29 is 4.79 Å². The Bertz CT molecular complexity index is 91.1. The highest BCUT2D eigenvalue weighted by molar-refractivity contribution is 7.81. The van der Waals surface area contributed by atoms with Crippen LogP contribution in [0.25, 0.3) is 0 Å². The molecule has 0 spiro atoms. The van der Waals surface area contributed by atoms with Crippen molar-refractivity contribution in [2.24, 2.45) is 0 Å². The summed E-state index contributed by atoms with van der Waals surface area (Å²) in [5, 5.41) is 0. The van der Waals surface area contributed by atoms with E-state index < -0.39 is 0 Å². The van der Waals surface area contributed by atoms with Gasteiger partial charge in [-0.3, -0.25) is 4.79 Å². The minimum Gasteiger partial charge on any atom is -0.343 e. The molecule has 0 rings (SSSR count). The van der Waals surface area contributed by atoms with Gasteiger partial charge in [-0.25, -0.2) is 0 Å². The molecule has 0 N–H and O–H groups in total. The van der Waals surface area contributed by atoms with Gasteiger partial charge in [0.15, 0.2) is 0 Å². The molecule has 53 valence electrons. The maximum Gasteiger partial charge on any atom is 0.233 e. The SMILES string of the molecule is CCN(CC)C(=O)C[S]. The number of rotatable bonds is 3. The number of carbonyl (C=O) groups excluding carboxylic acids is 1. The maximum atomic E-state index is 10.8. The van der Waals surface area contributed by atoms with Crippen LogP contribution in [0.4, 0.5) is 0 Å². The fraction of sp³-hybridized carbons (Fsp3) is 0.833. The second-order valence-electron chi connectivity index (χ2n) is 1.71. The van der Waals surface area contributed by atoms with Crippen LogP contribution in [0, 0.1) is 0 Å². The molecule has 1 amide bonds. The van der Waals surface area contributed by atoms with Gasteiger partial charge in [-0.05, 0) is 13.8 Å². The molecule has 0 saturated carbocycles. The zero-order valence-electron chi connectivity index (χ0n) is 5.89. The van der Waals surface area contributed by atoms with Gasteiger partial charge in [0, 0.05) is 13.1 Å². The summed E-state index contributed by atoms with van der Waals surface area (Å²) in [6.45, 7) is 5.44. The molecule has 0 fully saturated rings. The average molecular weight is 146 g/mol. The number of hydrogen-bond acceptors (Lipinski definition) is 1. The third-order valence-corrected chi connectivity index (χ3v) is 1.49. The molecule has 0 atom stereocenters. The molecule has 0 aliphatic heterocycles. The largest absolute Gasteiger partial charge is 0.343 e. The lowest BCUT2D eigenvalue weighted by Crippen LogP contribution is -2.31. The number of hydrogen-bond donors (Lipinski definition) is 0. The molecule has 0 aliphatic rings. The molecule has 0 aromatic rings. The summed E-state index contributed by atoms with van der Waals surface area (Å²) in [6.07, 6.45) is 0. The van der Waals surface area contributed by atoms with E-state index in [1.807, 2.05) is 13.8 Å². The number of amides is 1. The van der Waals surface area contributed by atoms with Gasteiger partial charge in [0.2, 0.25) is 5.91 Å². The lowest BCUT2D eigenvalue weighted by molar-refractivity contribution is -0.127. The van der Waals surface area contributed by atoms with Gasteiger partial charge >= 0.3 is 0 Å². The molecule has 0 saturated heterocycles. The predicted octanol–water partition coefficient (Wildman–Crippen LogP) is 1.05. The van der Waals surface area contributed by atoms with Gasteiger partial charge in [0.1, 0.15) is 0 Å². The highest BCUT2D eigenvalue weighted by Gasteiger charge is 2.04. The molecule has 3 heteroatoms. The zero-order chi connectivity index (χ0) is 7.28. The van der Waals surface area contributed by atoms with Crippen LogP contribution < -0.4 is 0 Å². The molecule has 1 radical (unpaired) electrons. The van der Waals surface area contributed by atoms with E-state index >= 15 is 0 Å². The first kappa shape index (κ1) is 8.82. The van der Waals surface area contributed by atoms with Gasteiger partial charge in [0.25, 0.3) is 0 Å². The van der Waals surface area contributed by atoms with Crippen LogP contribution >= 0.6 is 12.6 Å². The molecule has 0 unspecified atom stereocenters. The molecule has 0 bridgehead atoms. The Morgan fingerprint density at radius 2 is 1.89 bits per heavy atom. The normalized spacial score (nSPS) is 9.22. The van der Waals surface area contributed by atoms with Crippen LogP contribution in [0.15, 0.2) is 0 Å². The maximum absolute atomic E-state index is 10.8. The van der Waals surface area contributed by atoms with E-state index in [-0.39, 0.29) is 11.7 Å². The molecule has 0 heterocycles. The van der Waals surface area contributed by atoms with Crippen molar-refractivity contribution in [1.82, 2.24) is 4.90 Å². The Morgan fingerprint density at radius 1 is 1.44 bits per heavy atom. The molecule has 9 heavy (non-hydrogen) atoms. The van der Waals surface area contributed by atoms with Crippen molar-refractivity contribution in [3.63, 3.8) is 0 Å². The van der Waals surface area contributed by atoms with Crippen molar-refractivity contribution in [2.75, 3.05) is 18.8 Å². The molecule has 0 aliphatic carbocycles. The Morgan fingerprint density at radius 3 is 2.00 bits per heavy atom. The van der Waals surface area contributed by atoms with Crippen molar-refractivity contribution in [3.05, 3.63) is 0 Å². The smallest absolute Gasteiger partial charge is 0.233 e. The summed E-state index contributed by atoms with van der Waals surface area (Å²) in [5.74, 6) is 0.275. The third-order valence-electron chi connectivity index (χ3n) is 1.24. The van der Waals surface area contributed by atoms with Crippen LogP contribution in [-0.2, 0) is 4.79 Å². The van der Waals surface area contributed by atoms with Gasteiger partial charge in [-0.15, -0.1) is 0 Å². The summed E-state index contributed by atoms with van der Waals surface area (Å²) >= 11 is 4.59. The average Bonchev–Trinajstić information content (AvgIpc) is 1.90. The molecule has 0 aromatic heterocycles. The predicted molar refractivity (Wildman–Crippen MR) is 40.4 cm³/mol. The molecule has 2 nitrogen and oxygen atoms in total. The number of carbonyl (C=O) groups is 1. The number of nitrogens with zero attached hydrogens (tertiary/aromatic N) is 1. The first-order valence-electron chi connectivity index (χ1n) is 3.12. The topological polar surface area (TPSA) is 20.3 Å². The van der Waals surface area contributed by atoms with Crippen molar-refractivity contribution in [1.29, 1.82) is 0 Å². The van der Waals surface area contributed by atoms with Gasteiger partial charge in [-0.1, -0.05) is 12.6 Å². The molecule has 0 aromatic carbocycles. The lowest BCUT2D eigenvalue weighted by atomic mass is 10.5. The summed E-state index contributed by atoms with van der Waals surface area (Å²) in [6, 6.07) is 0. The van der Waals surface area contributed by atoms with E-state index in [0.29, 0.717) is 0 Å². The Labute approximate surface area is 61.6 Å². The Hall–Kier alpha value is -0.180. The van der Waals surface area contributed by atoms with E-state index in [9.17, 15) is 4.79 Å². The summed E-state index contributed by atoms with van der Waals surface area (Å²) < 4.78 is 0. The summed E-state index contributed by atoms with van der Waals surface area (Å²) in [7, 11) is 0.